The van der Waals surface area contributed by atoms with Crippen molar-refractivity contribution in [3.8, 4) is 5.75 Å². The van der Waals surface area contributed by atoms with E-state index in [9.17, 15) is 4.79 Å². The maximum Gasteiger partial charge on any atom is 0.278 e. The van der Waals surface area contributed by atoms with Crippen LogP contribution in [-0.2, 0) is 6.42 Å². The number of anilines is 1. The highest BCUT2D eigenvalue weighted by atomic mass is 35.5. The Hall–Kier alpha value is -2.14. The van der Waals surface area contributed by atoms with Gasteiger partial charge in [-0.2, -0.15) is 0 Å². The first kappa shape index (κ1) is 13.8. The zero-order valence-electron chi connectivity index (χ0n) is 11.5. The molecule has 0 spiro atoms. The Morgan fingerprint density at radius 1 is 1.38 bits per heavy atom. The van der Waals surface area contributed by atoms with Gasteiger partial charge in [0.15, 0.2) is 0 Å². The van der Waals surface area contributed by atoms with Gasteiger partial charge >= 0.3 is 0 Å². The Morgan fingerprint density at radius 3 is 3.00 bits per heavy atom. The summed E-state index contributed by atoms with van der Waals surface area (Å²) in [5, 5.41) is 0.216. The molecule has 0 saturated heterocycles. The minimum absolute atomic E-state index is 0.184. The van der Waals surface area contributed by atoms with Crippen LogP contribution in [0.4, 0.5) is 5.69 Å². The fourth-order valence-electron chi connectivity index (χ4n) is 2.49. The number of benzene rings is 1. The van der Waals surface area contributed by atoms with Gasteiger partial charge in [-0.05, 0) is 36.6 Å². The summed E-state index contributed by atoms with van der Waals surface area (Å²) in [7, 11) is 1.63. The molecule has 1 amide bonds. The standard InChI is InChI=1S/C15H14ClN3O2/c1-21-11-4-5-13-10(7-11)3-2-6-19(13)15(20)12-8-17-9-14(16)18-12/h4-5,7-9H,2-3,6H2,1H3. The molecule has 1 aromatic heterocycles. The van der Waals surface area contributed by atoms with Gasteiger partial charge in [-0.25, -0.2) is 4.98 Å². The second kappa shape index (κ2) is 5.69. The summed E-state index contributed by atoms with van der Waals surface area (Å²) in [6.45, 7) is 0.659. The molecule has 2 aromatic rings. The van der Waals surface area contributed by atoms with Gasteiger partial charge in [0.1, 0.15) is 16.6 Å². The zero-order chi connectivity index (χ0) is 14.8. The molecule has 1 aromatic carbocycles. The largest absolute Gasteiger partial charge is 0.497 e. The highest BCUT2D eigenvalue weighted by Gasteiger charge is 2.25. The summed E-state index contributed by atoms with van der Waals surface area (Å²) < 4.78 is 5.23. The zero-order valence-corrected chi connectivity index (χ0v) is 12.3. The smallest absolute Gasteiger partial charge is 0.278 e. The minimum Gasteiger partial charge on any atom is -0.497 e. The van der Waals surface area contributed by atoms with E-state index in [0.717, 1.165) is 29.8 Å². The average molecular weight is 304 g/mol. The number of aryl methyl sites for hydroxylation is 1. The van der Waals surface area contributed by atoms with E-state index in [1.165, 1.54) is 12.4 Å². The highest BCUT2D eigenvalue weighted by molar-refractivity contribution is 6.29. The van der Waals surface area contributed by atoms with Gasteiger partial charge < -0.3 is 9.64 Å². The van der Waals surface area contributed by atoms with Crippen LogP contribution in [-0.4, -0.2) is 29.5 Å². The summed E-state index contributed by atoms with van der Waals surface area (Å²) in [5.41, 5.74) is 2.25. The molecule has 108 valence electrons. The van der Waals surface area contributed by atoms with Crippen molar-refractivity contribution in [3.63, 3.8) is 0 Å². The molecular weight excluding hydrogens is 290 g/mol. The number of hydrogen-bond donors (Lipinski definition) is 0. The van der Waals surface area contributed by atoms with Crippen molar-refractivity contribution >= 4 is 23.2 Å². The van der Waals surface area contributed by atoms with Crippen LogP contribution in [0.5, 0.6) is 5.75 Å². The van der Waals surface area contributed by atoms with Gasteiger partial charge in [-0.3, -0.25) is 9.78 Å². The molecule has 0 atom stereocenters. The fraction of sp³-hybridized carbons (Fsp3) is 0.267. The average Bonchev–Trinajstić information content (AvgIpc) is 2.53. The lowest BCUT2D eigenvalue weighted by molar-refractivity contribution is 0.0980. The van der Waals surface area contributed by atoms with E-state index in [2.05, 4.69) is 9.97 Å². The maximum absolute atomic E-state index is 12.6. The molecule has 0 fully saturated rings. The van der Waals surface area contributed by atoms with Crippen LogP contribution in [0, 0.1) is 0 Å². The summed E-state index contributed by atoms with van der Waals surface area (Å²) in [5.74, 6) is 0.613. The number of amides is 1. The van der Waals surface area contributed by atoms with Crippen LogP contribution in [0.1, 0.15) is 22.5 Å². The van der Waals surface area contributed by atoms with Crippen molar-refractivity contribution < 1.29 is 9.53 Å². The van der Waals surface area contributed by atoms with Crippen LogP contribution in [0.15, 0.2) is 30.6 Å². The van der Waals surface area contributed by atoms with E-state index < -0.39 is 0 Å². The van der Waals surface area contributed by atoms with Crippen molar-refractivity contribution in [2.24, 2.45) is 0 Å². The number of nitrogens with zero attached hydrogens (tertiary/aromatic N) is 3. The van der Waals surface area contributed by atoms with Crippen LogP contribution in [0.2, 0.25) is 5.15 Å². The van der Waals surface area contributed by atoms with Crippen LogP contribution >= 0.6 is 11.6 Å². The molecule has 0 unspecified atom stereocenters. The first-order valence-corrected chi connectivity index (χ1v) is 7.03. The number of rotatable bonds is 2. The molecule has 0 saturated carbocycles. The van der Waals surface area contributed by atoms with Crippen molar-refractivity contribution in [2.75, 3.05) is 18.6 Å². The van der Waals surface area contributed by atoms with E-state index in [-0.39, 0.29) is 16.8 Å². The number of fused-ring (bicyclic) bond motifs is 1. The van der Waals surface area contributed by atoms with Gasteiger partial charge in [-0.15, -0.1) is 0 Å². The lowest BCUT2D eigenvalue weighted by Gasteiger charge is -2.29. The molecule has 1 aliphatic heterocycles. The third kappa shape index (κ3) is 2.69. The van der Waals surface area contributed by atoms with Crippen LogP contribution in [0.3, 0.4) is 0 Å². The minimum atomic E-state index is -0.184. The molecule has 0 bridgehead atoms. The Balaban J connectivity index is 1.96. The third-order valence-corrected chi connectivity index (χ3v) is 3.66. The molecule has 5 nitrogen and oxygen atoms in total. The second-order valence-corrected chi connectivity index (χ2v) is 5.17. The molecule has 0 radical (unpaired) electrons. The van der Waals surface area contributed by atoms with Crippen LogP contribution < -0.4 is 9.64 Å². The van der Waals surface area contributed by atoms with Crippen molar-refractivity contribution in [2.45, 2.75) is 12.8 Å². The quantitative estimate of drug-likeness (QED) is 0.856. The number of halogens is 1. The van der Waals surface area contributed by atoms with E-state index >= 15 is 0 Å². The summed E-state index contributed by atoms with van der Waals surface area (Å²) >= 11 is 5.81. The molecule has 0 aliphatic carbocycles. The Labute approximate surface area is 127 Å². The van der Waals surface area contributed by atoms with Gasteiger partial charge in [0.2, 0.25) is 0 Å². The number of hydrogen-bond acceptors (Lipinski definition) is 4. The number of carbonyl (C=O) groups is 1. The molecule has 3 rings (SSSR count). The molecular formula is C15H14ClN3O2. The Bertz CT molecular complexity index is 690. The summed E-state index contributed by atoms with van der Waals surface area (Å²) in [6.07, 6.45) is 4.68. The predicted molar refractivity (Wildman–Crippen MR) is 80.0 cm³/mol. The van der Waals surface area contributed by atoms with Crippen molar-refractivity contribution in [3.05, 3.63) is 47.0 Å². The van der Waals surface area contributed by atoms with Crippen molar-refractivity contribution in [1.82, 2.24) is 9.97 Å². The molecule has 2 heterocycles. The van der Waals surface area contributed by atoms with Gasteiger partial charge in [-0.1, -0.05) is 11.6 Å². The van der Waals surface area contributed by atoms with E-state index in [1.54, 1.807) is 12.0 Å². The molecule has 6 heteroatoms. The SMILES string of the molecule is COc1ccc2c(c1)CCCN2C(=O)c1cncc(Cl)n1. The third-order valence-electron chi connectivity index (χ3n) is 3.47. The Morgan fingerprint density at radius 2 is 2.24 bits per heavy atom. The first-order valence-electron chi connectivity index (χ1n) is 6.65. The molecule has 0 N–H and O–H groups in total. The maximum atomic E-state index is 12.6. The lowest BCUT2D eigenvalue weighted by atomic mass is 10.0. The molecule has 1 aliphatic rings. The van der Waals surface area contributed by atoms with Crippen LogP contribution in [0.25, 0.3) is 0 Å². The summed E-state index contributed by atoms with van der Waals surface area (Å²) in [6, 6.07) is 5.73. The van der Waals surface area contributed by atoms with E-state index in [1.807, 2.05) is 18.2 Å². The van der Waals surface area contributed by atoms with E-state index in [4.69, 9.17) is 16.3 Å². The highest BCUT2D eigenvalue weighted by Crippen LogP contribution is 2.31. The Kier molecular flexibility index (Phi) is 3.75. The van der Waals surface area contributed by atoms with Crippen molar-refractivity contribution in [1.29, 1.82) is 0 Å². The summed E-state index contributed by atoms with van der Waals surface area (Å²) in [4.78, 5) is 22.3. The normalized spacial score (nSPS) is 13.7. The van der Waals surface area contributed by atoms with E-state index in [0.29, 0.717) is 6.54 Å². The fourth-order valence-corrected chi connectivity index (χ4v) is 2.64. The second-order valence-electron chi connectivity index (χ2n) is 4.78. The number of methoxy groups -OCH3 is 1. The van der Waals surface area contributed by atoms with Gasteiger partial charge in [0.25, 0.3) is 5.91 Å². The number of ether oxygens (including phenoxy) is 1. The predicted octanol–water partition coefficient (Wildman–Crippen LogP) is 2.73. The number of aromatic nitrogens is 2. The first-order chi connectivity index (χ1) is 10.2. The monoisotopic (exact) mass is 303 g/mol. The van der Waals surface area contributed by atoms with Gasteiger partial charge in [0.05, 0.1) is 19.5 Å². The molecule has 21 heavy (non-hydrogen) atoms. The van der Waals surface area contributed by atoms with Gasteiger partial charge in [0, 0.05) is 12.2 Å². The topological polar surface area (TPSA) is 55.3 Å². The number of carbonyl (C=O) groups excluding carboxylic acids is 1. The lowest BCUT2D eigenvalue weighted by Crippen LogP contribution is -2.36.